The van der Waals surface area contributed by atoms with Crippen molar-refractivity contribution in [3.8, 4) is 0 Å². The number of Topliss-reactive ketones (excluding diaryl/α,β-unsaturated/α-hetero) is 7. The molecule has 9 amide bonds. The van der Waals surface area contributed by atoms with Gasteiger partial charge in [-0.25, -0.2) is 4.79 Å². The monoisotopic (exact) mass is 1690 g/mol. The molecule has 0 aliphatic carbocycles. The summed E-state index contributed by atoms with van der Waals surface area (Å²) in [5.74, 6) is -23.8. The maximum Gasteiger partial charge on any atom is 0.312 e. The highest BCUT2D eigenvalue weighted by Gasteiger charge is 2.43. The minimum atomic E-state index is -1.90. The Morgan fingerprint density at radius 1 is 0.664 bits per heavy atom. The number of rotatable bonds is 35. The van der Waals surface area contributed by atoms with Crippen LogP contribution in [0.3, 0.4) is 0 Å². The lowest BCUT2D eigenvalue weighted by molar-refractivity contribution is -0.148. The molecule has 4 aromatic rings. The maximum absolute atomic E-state index is 15.3. The molecule has 1 fully saturated rings. The van der Waals surface area contributed by atoms with Gasteiger partial charge in [-0.2, -0.15) is 25.3 Å². The van der Waals surface area contributed by atoms with Crippen molar-refractivity contribution in [2.45, 2.75) is 230 Å². The van der Waals surface area contributed by atoms with Gasteiger partial charge in [0.2, 0.25) is 41.4 Å². The van der Waals surface area contributed by atoms with Crippen molar-refractivity contribution in [3.63, 3.8) is 0 Å². The minimum Gasteiger partial charge on any atom is -0.481 e. The number of aromatic amines is 1. The summed E-state index contributed by atoms with van der Waals surface area (Å²) < 4.78 is 1.29. The fourth-order valence-corrected chi connectivity index (χ4v) is 15.4. The van der Waals surface area contributed by atoms with Gasteiger partial charge in [-0.05, 0) is 94.7 Å². The first-order valence-electron chi connectivity index (χ1n) is 40.4. The third kappa shape index (κ3) is 32.5. The molecule has 0 unspecified atom stereocenters. The van der Waals surface area contributed by atoms with Crippen LogP contribution in [0, 0.1) is 35.5 Å². The summed E-state index contributed by atoms with van der Waals surface area (Å²) in [6, 6.07) is 5.50. The number of nitrogens with one attached hydrogen (secondary N) is 7. The smallest absolute Gasteiger partial charge is 0.312 e. The maximum atomic E-state index is 15.3. The number of carbonyl (C=O) groups is 17. The number of aliphatic hydroxyl groups is 1. The van der Waals surface area contributed by atoms with Crippen molar-refractivity contribution < 1.29 is 96.8 Å². The van der Waals surface area contributed by atoms with E-state index in [-0.39, 0.29) is 145 Å². The number of benzene rings is 2. The van der Waals surface area contributed by atoms with Gasteiger partial charge in [-0.1, -0.05) is 73.5 Å². The SMILES string of the molecule is CCCCCC(=O)CCC(=O)N[C@@H](CS)C(=O)C[C@H]1Cc2cn(nn2)CCC[C@@H](C(=O)C[C@@H](Cc2ccccc2)C(=O)O)NC(=O)[C@H](CCC(N)=O)CC(=O)[C@H](Cc2c[nH]c3ccccc23)NC(=O)[C@H](CCCNC(N)=O)CC(=O)[C@H](CS)NC(=O)[C@H](CCCN=C(N)N)CC(=O)[C@@H]2CCCN2C(=O)[C@H](CC(=O)O)CC(=O)[C@H]([C@@H](C)O)NC1=O. The molecule has 13 atom stereocenters. The standard InChI is InChI=1S/C81H114N16O20S2/c1-3-4-6-19-56(99)25-27-71(107)89-61(44-118)67(103)38-51-33-55-43-96(95-94-55)30-13-22-59(64(100)40-53(79(115)116)32-47-15-7-5-8-16-47)90-76(112)50(24-26-70(82)106)36-65(101)60(34-54-42-88-58-21-10-9-20-57(54)58)91-74(110)48(18-12-29-87-81(85)117)35-66(102)62(45-119)92-75(111)49(17-11-28-86-80(83)84)37-68(104)63-23-14-31-97(63)78(114)52(41-72(108)109)39-69(105)73(46(2)98)93-77(51)113/h5,7-10,15-16,20-21,42-43,46,48-53,59-63,73,88,98,118-119H,3-4,6,11-14,17-19,22-41,44-45H2,1-2H3,(H2,82,106)(H,89,107)(H,90,112)(H,91,110)(H,92,111)(H,93,113)(H,108,109)(H,115,116)(H4,83,84,86)(H3,85,87,117)/t46-,48-,49-,50-,51-,52+,53-,59+,60+,61+,62+,63+,73+/m1/s1. The van der Waals surface area contributed by atoms with Crippen LogP contribution in [0.1, 0.15) is 178 Å². The number of carboxylic acid groups (broad SMARTS) is 2. The summed E-state index contributed by atoms with van der Waals surface area (Å²) in [7, 11) is 0. The Morgan fingerprint density at radius 2 is 1.29 bits per heavy atom. The van der Waals surface area contributed by atoms with Crippen LogP contribution < -0.4 is 54.8 Å². The van der Waals surface area contributed by atoms with E-state index in [1.165, 1.54) is 10.9 Å². The number of aliphatic hydroxyl groups excluding tert-OH is 1. The van der Waals surface area contributed by atoms with Crippen LogP contribution in [-0.4, -0.2) is 219 Å². The number of hydrogen-bond acceptors (Lipinski definition) is 23. The van der Waals surface area contributed by atoms with E-state index in [0.717, 1.165) is 24.7 Å². The van der Waals surface area contributed by atoms with E-state index in [4.69, 9.17) is 22.9 Å². The number of hydrogen-bond donors (Lipinski definition) is 16. The molecule has 1 saturated heterocycles. The summed E-state index contributed by atoms with van der Waals surface area (Å²) >= 11 is 8.75. The topological polar surface area (TPSA) is 589 Å². The third-order valence-electron chi connectivity index (χ3n) is 21.3. The van der Waals surface area contributed by atoms with E-state index in [9.17, 15) is 82.4 Å². The fourth-order valence-electron chi connectivity index (χ4n) is 14.8. The molecule has 4 heterocycles. The van der Waals surface area contributed by atoms with Crippen LogP contribution in [0.5, 0.6) is 0 Å². The summed E-state index contributed by atoms with van der Waals surface area (Å²) in [5.41, 5.74) is 24.1. The second kappa shape index (κ2) is 49.6. The Balaban J connectivity index is 1.47. The zero-order chi connectivity index (χ0) is 87.4. The van der Waals surface area contributed by atoms with Crippen molar-refractivity contribution in [3.05, 3.63) is 83.8 Å². The number of H-pyrrole nitrogens is 1. The lowest BCUT2D eigenvalue weighted by atomic mass is 9.88. The molecule has 2 aromatic heterocycles. The van der Waals surface area contributed by atoms with Crippen LogP contribution in [0.15, 0.2) is 72.0 Å². The number of primary amides is 2. The average molecular weight is 1700 g/mol. The lowest BCUT2D eigenvalue weighted by Crippen LogP contribution is -2.52. The third-order valence-corrected chi connectivity index (χ3v) is 22.1. The van der Waals surface area contributed by atoms with Gasteiger partial charge >= 0.3 is 18.0 Å². The largest absolute Gasteiger partial charge is 0.481 e. The van der Waals surface area contributed by atoms with Gasteiger partial charge in [0.05, 0.1) is 66.2 Å². The summed E-state index contributed by atoms with van der Waals surface area (Å²) in [6.45, 7) is 2.74. The number of fused-ring (bicyclic) bond motifs is 4. The molecule has 36 nitrogen and oxygen atoms in total. The van der Waals surface area contributed by atoms with Gasteiger partial charge < -0.3 is 80.0 Å². The number of aliphatic carboxylic acids is 2. The zero-order valence-corrected chi connectivity index (χ0v) is 69.0. The number of ketones is 7. The molecule has 650 valence electrons. The molecule has 6 rings (SSSR count). The second-order valence-electron chi connectivity index (χ2n) is 30.7. The van der Waals surface area contributed by atoms with Gasteiger partial charge in [0.25, 0.3) is 0 Å². The number of para-hydroxylation sites is 1. The van der Waals surface area contributed by atoms with E-state index in [1.807, 2.05) is 6.92 Å². The number of amides is 9. The number of carboxylic acids is 2. The van der Waals surface area contributed by atoms with Crippen molar-refractivity contribution in [2.75, 3.05) is 31.1 Å². The quantitative estimate of drug-likeness (QED) is 0.0135. The Hall–Kier alpha value is -10.8. The minimum absolute atomic E-state index is 0.0148. The van der Waals surface area contributed by atoms with Crippen molar-refractivity contribution in [1.29, 1.82) is 0 Å². The molecule has 38 heteroatoms. The Bertz CT molecular complexity index is 4250. The molecule has 18 N–H and O–H groups in total. The second-order valence-corrected chi connectivity index (χ2v) is 31.4. The van der Waals surface area contributed by atoms with Crippen molar-refractivity contribution >= 4 is 142 Å². The molecule has 2 aromatic carbocycles. The predicted octanol–water partition coefficient (Wildman–Crippen LogP) is 1.95. The van der Waals surface area contributed by atoms with E-state index in [0.29, 0.717) is 28.5 Å². The Kier molecular flexibility index (Phi) is 40.4. The summed E-state index contributed by atoms with van der Waals surface area (Å²) in [4.78, 5) is 248. The predicted molar refractivity (Wildman–Crippen MR) is 441 cm³/mol. The fraction of sp³-hybridized carbons (Fsp3) is 0.580. The number of aromatic nitrogens is 4. The normalized spacial score (nSPS) is 22.3. The van der Waals surface area contributed by atoms with E-state index < -0.39 is 230 Å². The molecule has 119 heavy (non-hydrogen) atoms. The molecule has 0 radical (unpaired) electrons. The van der Waals surface area contributed by atoms with Gasteiger partial charge in [-0.3, -0.25) is 86.4 Å². The highest BCUT2D eigenvalue weighted by atomic mass is 32.1. The van der Waals surface area contributed by atoms with Crippen molar-refractivity contribution in [2.24, 2.45) is 63.4 Å². The number of nitrogens with two attached hydrogens (primary N) is 4. The number of unbranched alkanes of at least 4 members (excludes halogenated alkanes) is 2. The highest BCUT2D eigenvalue weighted by molar-refractivity contribution is 7.80. The van der Waals surface area contributed by atoms with Crippen LogP contribution >= 0.6 is 25.3 Å². The van der Waals surface area contributed by atoms with Gasteiger partial charge in [-0.15, -0.1) is 5.10 Å². The summed E-state index contributed by atoms with van der Waals surface area (Å²) in [5, 5.41) is 56.9. The number of guanidine groups is 1. The van der Waals surface area contributed by atoms with Gasteiger partial charge in [0.1, 0.15) is 11.8 Å². The molecular formula is C81H114N16O20S2. The first-order valence-corrected chi connectivity index (χ1v) is 41.6. The van der Waals surface area contributed by atoms with Crippen LogP contribution in [0.25, 0.3) is 10.9 Å². The van der Waals surface area contributed by atoms with Crippen molar-refractivity contribution in [1.82, 2.24) is 56.8 Å². The first-order chi connectivity index (χ1) is 56.7. The molecular weight excluding hydrogens is 1580 g/mol. The van der Waals surface area contributed by atoms with E-state index in [1.54, 1.807) is 60.8 Å². The highest BCUT2D eigenvalue weighted by Crippen LogP contribution is 2.30. The number of nitrogens with zero attached hydrogens (tertiary/aromatic N) is 5. The van der Waals surface area contributed by atoms with Crippen LogP contribution in [0.4, 0.5) is 4.79 Å². The zero-order valence-electron chi connectivity index (χ0n) is 67.2. The first kappa shape index (κ1) is 97.1. The number of aryl methyl sites for hydroxylation is 1. The Labute approximate surface area is 700 Å². The molecule has 2 aliphatic rings. The molecule has 2 aliphatic heterocycles. The molecule has 2 bridgehead atoms. The van der Waals surface area contributed by atoms with Gasteiger partial charge in [0, 0.05) is 156 Å². The van der Waals surface area contributed by atoms with Crippen LogP contribution in [0.2, 0.25) is 0 Å². The van der Waals surface area contributed by atoms with Crippen LogP contribution in [-0.2, 0) is 103 Å². The van der Waals surface area contributed by atoms with Gasteiger partial charge in [0.15, 0.2) is 40.7 Å². The number of thiol groups is 2. The number of aliphatic imine (C=N–C) groups is 1. The lowest BCUT2D eigenvalue weighted by Gasteiger charge is -2.30. The average Bonchev–Trinajstić information content (AvgIpc) is 1.71. The number of carbonyl (C=O) groups excluding carboxylic acids is 15. The van der Waals surface area contributed by atoms with E-state index in [2.05, 4.69) is 77.4 Å². The molecule has 0 saturated carbocycles. The molecule has 0 spiro atoms. The number of urea groups is 1. The van der Waals surface area contributed by atoms with E-state index >= 15 is 14.4 Å². The summed E-state index contributed by atoms with van der Waals surface area (Å²) in [6.07, 6.45) is -3.72. The Morgan fingerprint density at radius 3 is 1.94 bits per heavy atom.